The Kier molecular flexibility index (Phi) is 11.2. The number of rotatable bonds is 12. The summed E-state index contributed by atoms with van der Waals surface area (Å²) >= 11 is 18.3. The van der Waals surface area contributed by atoms with E-state index in [0.717, 1.165) is 23.4 Å². The average molecular weight is 579 g/mol. The second-order valence-electron chi connectivity index (χ2n) is 8.18. The fraction of sp³-hybridized carbons (Fsp3) is 0.417. The second kappa shape index (κ2) is 13.4. The van der Waals surface area contributed by atoms with E-state index in [1.54, 1.807) is 31.2 Å². The molecule has 1 atom stereocenters. The molecule has 0 aliphatic rings. The molecule has 0 fully saturated rings. The van der Waals surface area contributed by atoms with Gasteiger partial charge in [0, 0.05) is 13.1 Å². The van der Waals surface area contributed by atoms with Gasteiger partial charge in [0.15, 0.2) is 0 Å². The Balaban J connectivity index is 2.43. The molecular weight excluding hydrogens is 549 g/mol. The number of ether oxygens (including phenoxy) is 1. The number of amides is 2. The number of halogens is 3. The van der Waals surface area contributed by atoms with Gasteiger partial charge >= 0.3 is 0 Å². The molecule has 2 rings (SSSR count). The summed E-state index contributed by atoms with van der Waals surface area (Å²) in [7, 11) is -2.44. The van der Waals surface area contributed by atoms with Gasteiger partial charge in [0.05, 0.1) is 34.1 Å². The van der Waals surface area contributed by atoms with Gasteiger partial charge in [-0.3, -0.25) is 13.9 Å². The van der Waals surface area contributed by atoms with Crippen LogP contribution >= 0.6 is 34.8 Å². The van der Waals surface area contributed by atoms with Crippen LogP contribution in [0.4, 0.5) is 5.69 Å². The maximum absolute atomic E-state index is 13.6. The summed E-state index contributed by atoms with van der Waals surface area (Å²) in [4.78, 5) is 27.7. The number of unbranched alkanes of at least 4 members (excludes halogenated alkanes) is 1. The van der Waals surface area contributed by atoms with Gasteiger partial charge in [-0.2, -0.15) is 0 Å². The zero-order valence-electron chi connectivity index (χ0n) is 20.6. The maximum atomic E-state index is 13.6. The molecule has 0 unspecified atom stereocenters. The number of methoxy groups -OCH3 is 1. The maximum Gasteiger partial charge on any atom is 0.244 e. The Hall–Kier alpha value is -2.20. The van der Waals surface area contributed by atoms with Crippen molar-refractivity contribution in [1.82, 2.24) is 10.2 Å². The third-order valence-corrected chi connectivity index (χ3v) is 7.57. The molecule has 1 N–H and O–H groups in total. The summed E-state index contributed by atoms with van der Waals surface area (Å²) in [6.45, 7) is 3.51. The molecule has 0 saturated carbocycles. The lowest BCUT2D eigenvalue weighted by molar-refractivity contribution is -0.139. The summed E-state index contributed by atoms with van der Waals surface area (Å²) in [5.74, 6) is -0.373. The van der Waals surface area contributed by atoms with E-state index >= 15 is 0 Å². The van der Waals surface area contributed by atoms with Gasteiger partial charge in [0.2, 0.25) is 21.8 Å². The standard InChI is InChI=1S/C24H30Cl3N3O5S/c1-5-6-10-28-24(32)16(2)29(14-17-8-7-9-18(11-17)35-3)23(31)15-30(36(4,33)34)22-13-20(26)19(25)12-21(22)27/h7-9,11-13,16H,5-6,10,14-15H2,1-4H3,(H,28,32)/t16-/m1/s1. The Morgan fingerprint density at radius 2 is 1.75 bits per heavy atom. The summed E-state index contributed by atoms with van der Waals surface area (Å²) in [6, 6.07) is 8.76. The number of nitrogens with one attached hydrogen (secondary N) is 1. The number of hydrogen-bond donors (Lipinski definition) is 1. The summed E-state index contributed by atoms with van der Waals surface area (Å²) < 4.78 is 31.5. The fourth-order valence-electron chi connectivity index (χ4n) is 3.38. The normalized spacial score (nSPS) is 12.1. The number of benzene rings is 2. The topological polar surface area (TPSA) is 96.0 Å². The van der Waals surface area contributed by atoms with Crippen molar-refractivity contribution in [2.45, 2.75) is 39.3 Å². The Morgan fingerprint density at radius 1 is 1.08 bits per heavy atom. The van der Waals surface area contributed by atoms with Gasteiger partial charge in [0.1, 0.15) is 18.3 Å². The number of sulfonamides is 1. The summed E-state index contributed by atoms with van der Waals surface area (Å²) in [5.41, 5.74) is 0.706. The van der Waals surface area contributed by atoms with E-state index in [-0.39, 0.29) is 33.2 Å². The van der Waals surface area contributed by atoms with E-state index < -0.39 is 28.5 Å². The molecule has 198 valence electrons. The quantitative estimate of drug-likeness (QED) is 0.290. The van der Waals surface area contributed by atoms with E-state index in [4.69, 9.17) is 39.5 Å². The molecule has 0 saturated heterocycles. The predicted molar refractivity (Wildman–Crippen MR) is 145 cm³/mol. The Morgan fingerprint density at radius 3 is 2.36 bits per heavy atom. The van der Waals surface area contributed by atoms with Crippen LogP contribution in [0.25, 0.3) is 0 Å². The van der Waals surface area contributed by atoms with Crippen molar-refractivity contribution in [1.29, 1.82) is 0 Å². The number of nitrogens with zero attached hydrogens (tertiary/aromatic N) is 2. The largest absolute Gasteiger partial charge is 0.497 e. The first-order valence-corrected chi connectivity index (χ1v) is 14.2. The zero-order valence-corrected chi connectivity index (χ0v) is 23.6. The van der Waals surface area contributed by atoms with Crippen molar-refractivity contribution in [3.05, 3.63) is 57.0 Å². The molecule has 0 spiro atoms. The molecule has 8 nitrogen and oxygen atoms in total. The van der Waals surface area contributed by atoms with Crippen LogP contribution in [-0.2, 0) is 26.2 Å². The lowest BCUT2D eigenvalue weighted by Gasteiger charge is -2.32. The molecule has 0 aliphatic carbocycles. The lowest BCUT2D eigenvalue weighted by Crippen LogP contribution is -2.51. The van der Waals surface area contributed by atoms with Gasteiger partial charge in [-0.25, -0.2) is 8.42 Å². The molecule has 2 aromatic rings. The third kappa shape index (κ3) is 8.16. The zero-order chi connectivity index (χ0) is 27.0. The van der Waals surface area contributed by atoms with Crippen molar-refractivity contribution in [3.8, 4) is 5.75 Å². The van der Waals surface area contributed by atoms with Crippen LogP contribution in [0, 0.1) is 0 Å². The molecule has 0 heterocycles. The van der Waals surface area contributed by atoms with E-state index in [1.807, 2.05) is 6.92 Å². The molecule has 0 aliphatic heterocycles. The van der Waals surface area contributed by atoms with Crippen LogP contribution in [-0.4, -0.2) is 57.6 Å². The molecule has 0 radical (unpaired) electrons. The van der Waals surface area contributed by atoms with Crippen LogP contribution in [0.1, 0.15) is 32.3 Å². The highest BCUT2D eigenvalue weighted by Crippen LogP contribution is 2.35. The van der Waals surface area contributed by atoms with Gasteiger partial charge in [-0.1, -0.05) is 60.3 Å². The molecule has 12 heteroatoms. The molecule has 36 heavy (non-hydrogen) atoms. The van der Waals surface area contributed by atoms with Gasteiger partial charge in [0.25, 0.3) is 0 Å². The van der Waals surface area contributed by atoms with Crippen molar-refractivity contribution in [2.24, 2.45) is 0 Å². The van der Waals surface area contributed by atoms with Crippen LogP contribution in [0.5, 0.6) is 5.75 Å². The summed E-state index contributed by atoms with van der Waals surface area (Å²) in [6.07, 6.45) is 2.64. The summed E-state index contributed by atoms with van der Waals surface area (Å²) in [5, 5.41) is 3.05. The highest BCUT2D eigenvalue weighted by Gasteiger charge is 2.31. The van der Waals surface area contributed by atoms with Gasteiger partial charge < -0.3 is 15.0 Å². The molecule has 2 amide bonds. The smallest absolute Gasteiger partial charge is 0.244 e. The van der Waals surface area contributed by atoms with Crippen LogP contribution in [0.15, 0.2) is 36.4 Å². The monoisotopic (exact) mass is 577 g/mol. The number of carbonyl (C=O) groups is 2. The van der Waals surface area contributed by atoms with E-state index in [0.29, 0.717) is 17.9 Å². The first-order chi connectivity index (χ1) is 16.9. The van der Waals surface area contributed by atoms with E-state index in [9.17, 15) is 18.0 Å². The first kappa shape index (κ1) is 30.0. The highest BCUT2D eigenvalue weighted by atomic mass is 35.5. The van der Waals surface area contributed by atoms with Gasteiger partial charge in [-0.15, -0.1) is 0 Å². The second-order valence-corrected chi connectivity index (χ2v) is 11.3. The SMILES string of the molecule is CCCCNC(=O)[C@@H](C)N(Cc1cccc(OC)c1)C(=O)CN(c1cc(Cl)c(Cl)cc1Cl)S(C)(=O)=O. The first-order valence-electron chi connectivity index (χ1n) is 11.2. The van der Waals surface area contributed by atoms with E-state index in [2.05, 4.69) is 5.32 Å². The third-order valence-electron chi connectivity index (χ3n) is 5.42. The molecule has 0 aromatic heterocycles. The molecule has 2 aromatic carbocycles. The average Bonchev–Trinajstić information content (AvgIpc) is 2.82. The number of hydrogen-bond acceptors (Lipinski definition) is 5. The lowest BCUT2D eigenvalue weighted by atomic mass is 10.1. The van der Waals surface area contributed by atoms with Crippen LogP contribution in [0.2, 0.25) is 15.1 Å². The minimum Gasteiger partial charge on any atom is -0.497 e. The Bertz CT molecular complexity index is 1190. The molecule has 0 bridgehead atoms. The minimum absolute atomic E-state index is 0.00305. The minimum atomic E-state index is -3.97. The van der Waals surface area contributed by atoms with Crippen molar-refractivity contribution < 1.29 is 22.7 Å². The fourth-order valence-corrected chi connectivity index (χ4v) is 4.93. The van der Waals surface area contributed by atoms with Crippen molar-refractivity contribution in [2.75, 3.05) is 30.8 Å². The van der Waals surface area contributed by atoms with Gasteiger partial charge in [-0.05, 0) is 43.2 Å². The van der Waals surface area contributed by atoms with Crippen molar-refractivity contribution in [3.63, 3.8) is 0 Å². The predicted octanol–water partition coefficient (Wildman–Crippen LogP) is 4.76. The highest BCUT2D eigenvalue weighted by molar-refractivity contribution is 7.92. The Labute approximate surface area is 227 Å². The van der Waals surface area contributed by atoms with E-state index in [1.165, 1.54) is 24.1 Å². The van der Waals surface area contributed by atoms with Crippen LogP contribution in [0.3, 0.4) is 0 Å². The number of carbonyl (C=O) groups excluding carboxylic acids is 2. The number of anilines is 1. The molecular formula is C24H30Cl3N3O5S. The van der Waals surface area contributed by atoms with Crippen LogP contribution < -0.4 is 14.4 Å². The van der Waals surface area contributed by atoms with Crippen molar-refractivity contribution >= 4 is 62.3 Å².